The number of aromatic nitrogens is 3. The summed E-state index contributed by atoms with van der Waals surface area (Å²) in [5.41, 5.74) is 2.39. The van der Waals surface area contributed by atoms with Crippen LogP contribution in [0.25, 0.3) is 11.4 Å². The van der Waals surface area contributed by atoms with Crippen LogP contribution in [0.3, 0.4) is 0 Å². The number of amides is 2. The smallest absolute Gasteiger partial charge is 0.345 e. The van der Waals surface area contributed by atoms with Gasteiger partial charge in [0.05, 0.1) is 13.7 Å². The lowest BCUT2D eigenvalue weighted by Crippen LogP contribution is -2.34. The molecule has 3 rings (SSSR count). The van der Waals surface area contributed by atoms with Crippen molar-refractivity contribution in [3.05, 3.63) is 64.6 Å². The lowest BCUT2D eigenvalue weighted by Gasteiger charge is -2.07. The summed E-state index contributed by atoms with van der Waals surface area (Å²) in [5, 5.41) is 9.86. The van der Waals surface area contributed by atoms with Crippen LogP contribution in [0.5, 0.6) is 5.75 Å². The molecule has 0 saturated carbocycles. The Hall–Kier alpha value is -3.55. The van der Waals surface area contributed by atoms with E-state index in [0.717, 1.165) is 16.9 Å². The molecule has 8 heteroatoms. The maximum Gasteiger partial charge on any atom is 0.345 e. The molecule has 8 nitrogen and oxygen atoms in total. The lowest BCUT2D eigenvalue weighted by molar-refractivity contribution is 0.251. The van der Waals surface area contributed by atoms with Gasteiger partial charge < -0.3 is 15.4 Å². The van der Waals surface area contributed by atoms with Crippen molar-refractivity contribution in [1.82, 2.24) is 19.7 Å². The summed E-state index contributed by atoms with van der Waals surface area (Å²) in [5.74, 6) is 1.29. The van der Waals surface area contributed by atoms with Crippen LogP contribution in [-0.4, -0.2) is 34.0 Å². The molecule has 1 aromatic heterocycles. The first-order chi connectivity index (χ1) is 13.5. The molecule has 0 saturated heterocycles. The van der Waals surface area contributed by atoms with Gasteiger partial charge in [0.25, 0.3) is 0 Å². The molecule has 0 bridgehead atoms. The highest BCUT2D eigenvalue weighted by Gasteiger charge is 2.12. The number of hydrogen-bond acceptors (Lipinski definition) is 4. The SMILES string of the molecule is COc1ccc(-c2nn(CCNC(=O)Nc3ccc(C)cc3)c(=O)n2C)cc1. The lowest BCUT2D eigenvalue weighted by atomic mass is 10.2. The first kappa shape index (κ1) is 19.2. The Balaban J connectivity index is 1.60. The van der Waals surface area contributed by atoms with Crippen molar-refractivity contribution in [1.29, 1.82) is 0 Å². The van der Waals surface area contributed by atoms with Crippen LogP contribution in [0.15, 0.2) is 53.3 Å². The van der Waals surface area contributed by atoms with Gasteiger partial charge in [0.1, 0.15) is 5.75 Å². The molecular weight excluding hydrogens is 358 g/mol. The average Bonchev–Trinajstić information content (AvgIpc) is 2.98. The second-order valence-corrected chi connectivity index (χ2v) is 6.36. The highest BCUT2D eigenvalue weighted by Crippen LogP contribution is 2.19. The molecule has 1 heterocycles. The molecule has 0 aliphatic rings. The maximum absolute atomic E-state index is 12.4. The topological polar surface area (TPSA) is 90.2 Å². The van der Waals surface area contributed by atoms with E-state index in [0.29, 0.717) is 11.5 Å². The van der Waals surface area contributed by atoms with Crippen molar-refractivity contribution < 1.29 is 9.53 Å². The van der Waals surface area contributed by atoms with Crippen molar-refractivity contribution >= 4 is 11.7 Å². The first-order valence-corrected chi connectivity index (χ1v) is 8.87. The van der Waals surface area contributed by atoms with Crippen molar-refractivity contribution in [2.75, 3.05) is 19.0 Å². The van der Waals surface area contributed by atoms with Crippen molar-refractivity contribution in [2.24, 2.45) is 7.05 Å². The molecule has 0 spiro atoms. The average molecular weight is 381 g/mol. The first-order valence-electron chi connectivity index (χ1n) is 8.87. The number of nitrogens with zero attached hydrogens (tertiary/aromatic N) is 3. The number of methoxy groups -OCH3 is 1. The van der Waals surface area contributed by atoms with Gasteiger partial charge in [-0.3, -0.25) is 4.57 Å². The zero-order valence-corrected chi connectivity index (χ0v) is 16.1. The number of carbonyl (C=O) groups excluding carboxylic acids is 1. The highest BCUT2D eigenvalue weighted by atomic mass is 16.5. The van der Waals surface area contributed by atoms with E-state index in [2.05, 4.69) is 15.7 Å². The number of carbonyl (C=O) groups is 1. The number of urea groups is 1. The molecule has 0 unspecified atom stereocenters. The predicted molar refractivity (Wildman–Crippen MR) is 108 cm³/mol. The minimum atomic E-state index is -0.330. The van der Waals surface area contributed by atoms with Gasteiger partial charge in [-0.2, -0.15) is 0 Å². The molecule has 2 amide bonds. The van der Waals surface area contributed by atoms with Crippen LogP contribution in [0.2, 0.25) is 0 Å². The summed E-state index contributed by atoms with van der Waals surface area (Å²) in [4.78, 5) is 24.4. The number of hydrogen-bond donors (Lipinski definition) is 2. The van der Waals surface area contributed by atoms with Gasteiger partial charge in [0, 0.05) is 24.8 Å². The van der Waals surface area contributed by atoms with Gasteiger partial charge in [-0.1, -0.05) is 17.7 Å². The minimum absolute atomic E-state index is 0.244. The van der Waals surface area contributed by atoms with E-state index >= 15 is 0 Å². The summed E-state index contributed by atoms with van der Waals surface area (Å²) in [6.45, 7) is 2.52. The van der Waals surface area contributed by atoms with Gasteiger partial charge in [0.2, 0.25) is 0 Å². The summed E-state index contributed by atoms with van der Waals surface area (Å²) >= 11 is 0. The van der Waals surface area contributed by atoms with E-state index in [1.807, 2.05) is 55.5 Å². The quantitative estimate of drug-likeness (QED) is 0.686. The third-order valence-electron chi connectivity index (χ3n) is 4.31. The standard InChI is InChI=1S/C20H23N5O3/c1-14-4-8-16(9-5-14)22-19(26)21-12-13-25-20(27)24(2)18(23-25)15-6-10-17(28-3)11-7-15/h4-11H,12-13H2,1-3H3,(H2,21,22,26). The Morgan fingerprint density at radius 2 is 1.79 bits per heavy atom. The zero-order valence-electron chi connectivity index (χ0n) is 16.1. The molecule has 0 aliphatic heterocycles. The van der Waals surface area contributed by atoms with Gasteiger partial charge in [-0.15, -0.1) is 5.10 Å². The van der Waals surface area contributed by atoms with Crippen LogP contribution in [0, 0.1) is 6.92 Å². The molecule has 2 N–H and O–H groups in total. The van der Waals surface area contributed by atoms with E-state index < -0.39 is 0 Å². The zero-order chi connectivity index (χ0) is 20.1. The number of ether oxygens (including phenoxy) is 1. The molecular formula is C20H23N5O3. The predicted octanol–water partition coefficient (Wildman–Crippen LogP) is 2.39. The molecule has 0 aliphatic carbocycles. The van der Waals surface area contributed by atoms with E-state index in [-0.39, 0.29) is 24.8 Å². The molecule has 2 aromatic carbocycles. The van der Waals surface area contributed by atoms with Crippen molar-refractivity contribution in [2.45, 2.75) is 13.5 Å². The van der Waals surface area contributed by atoms with Gasteiger partial charge in [0.15, 0.2) is 5.82 Å². The molecule has 28 heavy (non-hydrogen) atoms. The monoisotopic (exact) mass is 381 g/mol. The Morgan fingerprint density at radius 3 is 2.43 bits per heavy atom. The summed E-state index contributed by atoms with van der Waals surface area (Å²) in [6, 6.07) is 14.5. The fourth-order valence-corrected chi connectivity index (χ4v) is 2.71. The number of aryl methyl sites for hydroxylation is 1. The van der Waals surface area contributed by atoms with Crippen molar-refractivity contribution in [3.8, 4) is 17.1 Å². The van der Waals surface area contributed by atoms with Crippen LogP contribution >= 0.6 is 0 Å². The molecule has 0 fully saturated rings. The Kier molecular flexibility index (Phi) is 5.78. The molecule has 146 valence electrons. The van der Waals surface area contributed by atoms with Crippen LogP contribution in [0.4, 0.5) is 10.5 Å². The van der Waals surface area contributed by atoms with Crippen LogP contribution in [0.1, 0.15) is 5.56 Å². The minimum Gasteiger partial charge on any atom is -0.497 e. The molecule has 0 radical (unpaired) electrons. The highest BCUT2D eigenvalue weighted by molar-refractivity contribution is 5.89. The maximum atomic E-state index is 12.4. The second-order valence-electron chi connectivity index (χ2n) is 6.36. The van der Waals surface area contributed by atoms with Gasteiger partial charge in [-0.05, 0) is 43.3 Å². The van der Waals surface area contributed by atoms with Crippen LogP contribution in [-0.2, 0) is 13.6 Å². The van der Waals surface area contributed by atoms with Crippen molar-refractivity contribution in [3.63, 3.8) is 0 Å². The largest absolute Gasteiger partial charge is 0.497 e. The molecule has 0 atom stereocenters. The van der Waals surface area contributed by atoms with Gasteiger partial charge >= 0.3 is 11.7 Å². The third kappa shape index (κ3) is 4.40. The summed E-state index contributed by atoms with van der Waals surface area (Å²) in [7, 11) is 3.27. The Bertz CT molecular complexity index is 1000. The van der Waals surface area contributed by atoms with E-state index in [1.54, 1.807) is 14.2 Å². The number of benzene rings is 2. The Labute approximate surface area is 162 Å². The van der Waals surface area contributed by atoms with Crippen LogP contribution < -0.4 is 21.1 Å². The Morgan fingerprint density at radius 1 is 1.11 bits per heavy atom. The third-order valence-corrected chi connectivity index (χ3v) is 4.31. The summed E-state index contributed by atoms with van der Waals surface area (Å²) in [6.07, 6.45) is 0. The number of anilines is 1. The fraction of sp³-hybridized carbons (Fsp3) is 0.250. The van der Waals surface area contributed by atoms with E-state index in [4.69, 9.17) is 4.74 Å². The fourth-order valence-electron chi connectivity index (χ4n) is 2.71. The number of rotatable bonds is 6. The van der Waals surface area contributed by atoms with E-state index in [9.17, 15) is 9.59 Å². The second kappa shape index (κ2) is 8.43. The van der Waals surface area contributed by atoms with Gasteiger partial charge in [-0.25, -0.2) is 14.3 Å². The number of nitrogens with one attached hydrogen (secondary N) is 2. The summed E-state index contributed by atoms with van der Waals surface area (Å²) < 4.78 is 7.97. The normalized spacial score (nSPS) is 10.5. The van der Waals surface area contributed by atoms with E-state index in [1.165, 1.54) is 9.25 Å². The molecule has 3 aromatic rings.